The number of hydrogen-bond acceptors (Lipinski definition) is 1. The van der Waals surface area contributed by atoms with Crippen LogP contribution in [0, 0.1) is 23.2 Å². The van der Waals surface area contributed by atoms with E-state index in [1.807, 2.05) is 0 Å². The molecule has 4 atom stereocenters. The van der Waals surface area contributed by atoms with E-state index in [0.717, 1.165) is 6.42 Å². The summed E-state index contributed by atoms with van der Waals surface area (Å²) in [6, 6.07) is 0.420. The molecule has 98 valence electrons. The van der Waals surface area contributed by atoms with Crippen molar-refractivity contribution in [1.29, 1.82) is 0 Å². The Labute approximate surface area is 106 Å². The summed E-state index contributed by atoms with van der Waals surface area (Å²) in [5, 5.41) is 3.33. The largest absolute Gasteiger partial charge is 0.353 e. The van der Waals surface area contributed by atoms with Gasteiger partial charge in [-0.05, 0) is 36.5 Å². The highest BCUT2D eigenvalue weighted by molar-refractivity contribution is 5.81. The molecule has 0 aromatic heterocycles. The number of amides is 1. The standard InChI is InChI=1S/C15H27NO/c1-10-9-11(10)14(17)16-13-8-6-5-7-12(13)15(2,3)4/h10-13H,5-9H2,1-4H3,(H,16,17). The van der Waals surface area contributed by atoms with E-state index in [0.29, 0.717) is 35.1 Å². The fourth-order valence-electron chi connectivity index (χ4n) is 3.32. The van der Waals surface area contributed by atoms with Gasteiger partial charge in [0.15, 0.2) is 0 Å². The molecule has 0 bridgehead atoms. The lowest BCUT2D eigenvalue weighted by atomic mass is 9.69. The van der Waals surface area contributed by atoms with Crippen LogP contribution in [0.5, 0.6) is 0 Å². The molecule has 4 unspecified atom stereocenters. The van der Waals surface area contributed by atoms with E-state index in [1.165, 1.54) is 25.7 Å². The van der Waals surface area contributed by atoms with Crippen molar-refractivity contribution in [2.45, 2.75) is 65.8 Å². The lowest BCUT2D eigenvalue weighted by Crippen LogP contribution is -2.47. The van der Waals surface area contributed by atoms with E-state index in [4.69, 9.17) is 0 Å². The minimum atomic E-state index is 0.313. The Morgan fingerprint density at radius 3 is 2.29 bits per heavy atom. The van der Waals surface area contributed by atoms with Gasteiger partial charge in [0, 0.05) is 12.0 Å². The molecule has 2 heteroatoms. The van der Waals surface area contributed by atoms with Crippen molar-refractivity contribution in [2.75, 3.05) is 0 Å². The van der Waals surface area contributed by atoms with Gasteiger partial charge in [-0.2, -0.15) is 0 Å². The molecule has 2 fully saturated rings. The van der Waals surface area contributed by atoms with E-state index in [1.54, 1.807) is 0 Å². The number of nitrogens with one attached hydrogen (secondary N) is 1. The van der Waals surface area contributed by atoms with Gasteiger partial charge in [0.2, 0.25) is 5.91 Å². The van der Waals surface area contributed by atoms with Crippen LogP contribution in [-0.2, 0) is 4.79 Å². The molecule has 2 aliphatic carbocycles. The summed E-state index contributed by atoms with van der Waals surface area (Å²) < 4.78 is 0. The van der Waals surface area contributed by atoms with Crippen molar-refractivity contribution >= 4 is 5.91 Å². The van der Waals surface area contributed by atoms with Gasteiger partial charge in [0.1, 0.15) is 0 Å². The van der Waals surface area contributed by atoms with E-state index in [2.05, 4.69) is 33.0 Å². The third-order valence-electron chi connectivity index (χ3n) is 4.65. The maximum atomic E-state index is 12.0. The number of hydrogen-bond donors (Lipinski definition) is 1. The second-order valence-electron chi connectivity index (χ2n) is 7.19. The van der Waals surface area contributed by atoms with Crippen molar-refractivity contribution in [2.24, 2.45) is 23.2 Å². The predicted octanol–water partition coefficient (Wildman–Crippen LogP) is 3.36. The molecule has 2 saturated carbocycles. The highest BCUT2D eigenvalue weighted by atomic mass is 16.2. The van der Waals surface area contributed by atoms with Crippen LogP contribution in [0.2, 0.25) is 0 Å². The lowest BCUT2D eigenvalue weighted by molar-refractivity contribution is -0.124. The summed E-state index contributed by atoms with van der Waals surface area (Å²) in [4.78, 5) is 12.0. The molecule has 0 aliphatic heterocycles. The average Bonchev–Trinajstić information content (AvgIpc) is 2.95. The van der Waals surface area contributed by atoms with Crippen LogP contribution < -0.4 is 5.32 Å². The van der Waals surface area contributed by atoms with Gasteiger partial charge in [-0.25, -0.2) is 0 Å². The number of rotatable bonds is 2. The molecule has 0 heterocycles. The first-order valence-electron chi connectivity index (χ1n) is 7.20. The summed E-state index contributed by atoms with van der Waals surface area (Å²) in [5.41, 5.74) is 0.313. The molecule has 1 N–H and O–H groups in total. The summed E-state index contributed by atoms with van der Waals surface area (Å²) in [7, 11) is 0. The molecule has 0 aromatic carbocycles. The maximum absolute atomic E-state index is 12.0. The van der Waals surface area contributed by atoms with E-state index < -0.39 is 0 Å². The van der Waals surface area contributed by atoms with Crippen molar-refractivity contribution in [3.05, 3.63) is 0 Å². The predicted molar refractivity (Wildman–Crippen MR) is 70.6 cm³/mol. The third-order valence-corrected chi connectivity index (χ3v) is 4.65. The quantitative estimate of drug-likeness (QED) is 0.784. The second kappa shape index (κ2) is 4.62. The Morgan fingerprint density at radius 1 is 1.18 bits per heavy atom. The van der Waals surface area contributed by atoms with Gasteiger partial charge in [0.25, 0.3) is 0 Å². The SMILES string of the molecule is CC1CC1C(=O)NC1CCCCC1C(C)(C)C. The van der Waals surface area contributed by atoms with Gasteiger partial charge in [0.05, 0.1) is 0 Å². The van der Waals surface area contributed by atoms with E-state index in [-0.39, 0.29) is 0 Å². The van der Waals surface area contributed by atoms with Crippen LogP contribution in [0.25, 0.3) is 0 Å². The minimum absolute atomic E-state index is 0.313. The summed E-state index contributed by atoms with van der Waals surface area (Å²) in [5.74, 6) is 1.90. The Hall–Kier alpha value is -0.530. The molecule has 0 saturated heterocycles. The van der Waals surface area contributed by atoms with Crippen molar-refractivity contribution in [1.82, 2.24) is 5.32 Å². The topological polar surface area (TPSA) is 29.1 Å². The number of carbonyl (C=O) groups is 1. The maximum Gasteiger partial charge on any atom is 0.223 e. The van der Waals surface area contributed by atoms with Crippen LogP contribution >= 0.6 is 0 Å². The highest BCUT2D eigenvalue weighted by Gasteiger charge is 2.42. The molecule has 2 rings (SSSR count). The molecular weight excluding hydrogens is 210 g/mol. The zero-order valence-corrected chi connectivity index (χ0v) is 11.8. The van der Waals surface area contributed by atoms with Gasteiger partial charge in [-0.1, -0.05) is 40.5 Å². The first kappa shape index (κ1) is 12.9. The third kappa shape index (κ3) is 3.02. The molecule has 17 heavy (non-hydrogen) atoms. The smallest absolute Gasteiger partial charge is 0.223 e. The van der Waals surface area contributed by atoms with Crippen molar-refractivity contribution in [3.63, 3.8) is 0 Å². The Bertz CT molecular complexity index is 292. The zero-order valence-electron chi connectivity index (χ0n) is 11.8. The monoisotopic (exact) mass is 237 g/mol. The lowest BCUT2D eigenvalue weighted by Gasteiger charge is -2.40. The van der Waals surface area contributed by atoms with Crippen LogP contribution in [0.15, 0.2) is 0 Å². The Balaban J connectivity index is 1.94. The molecule has 0 aromatic rings. The fourth-order valence-corrected chi connectivity index (χ4v) is 3.32. The summed E-state index contributed by atoms with van der Waals surface area (Å²) >= 11 is 0. The van der Waals surface area contributed by atoms with Gasteiger partial charge >= 0.3 is 0 Å². The molecule has 0 radical (unpaired) electrons. The average molecular weight is 237 g/mol. The molecular formula is C15H27NO. The first-order chi connectivity index (χ1) is 7.89. The summed E-state index contributed by atoms with van der Waals surface area (Å²) in [6.45, 7) is 9.10. The van der Waals surface area contributed by atoms with E-state index >= 15 is 0 Å². The number of carbonyl (C=O) groups excluding carboxylic acids is 1. The van der Waals surface area contributed by atoms with Crippen molar-refractivity contribution in [3.8, 4) is 0 Å². The fraction of sp³-hybridized carbons (Fsp3) is 0.933. The zero-order chi connectivity index (χ0) is 12.6. The second-order valence-corrected chi connectivity index (χ2v) is 7.19. The van der Waals surface area contributed by atoms with Gasteiger partial charge in [-0.15, -0.1) is 0 Å². The van der Waals surface area contributed by atoms with E-state index in [9.17, 15) is 4.79 Å². The van der Waals surface area contributed by atoms with Gasteiger partial charge in [-0.3, -0.25) is 4.79 Å². The molecule has 2 aliphatic rings. The van der Waals surface area contributed by atoms with Crippen molar-refractivity contribution < 1.29 is 4.79 Å². The van der Waals surface area contributed by atoms with Crippen LogP contribution in [0.4, 0.5) is 0 Å². The molecule has 2 nitrogen and oxygen atoms in total. The highest BCUT2D eigenvalue weighted by Crippen LogP contribution is 2.40. The first-order valence-corrected chi connectivity index (χ1v) is 7.20. The normalized spacial score (nSPS) is 37.6. The Kier molecular flexibility index (Phi) is 3.51. The van der Waals surface area contributed by atoms with Crippen LogP contribution in [0.1, 0.15) is 59.8 Å². The molecule has 1 amide bonds. The molecule has 0 spiro atoms. The van der Waals surface area contributed by atoms with Crippen LogP contribution in [0.3, 0.4) is 0 Å². The summed E-state index contributed by atoms with van der Waals surface area (Å²) in [6.07, 6.45) is 6.15. The minimum Gasteiger partial charge on any atom is -0.353 e. The van der Waals surface area contributed by atoms with Crippen LogP contribution in [-0.4, -0.2) is 11.9 Å². The van der Waals surface area contributed by atoms with Gasteiger partial charge < -0.3 is 5.32 Å². The Morgan fingerprint density at radius 2 is 1.76 bits per heavy atom.